The number of carbonyl (C=O) groups excluding carboxylic acids is 10. The maximum Gasteiger partial charge on any atom is 0.407 e. The lowest BCUT2D eigenvalue weighted by molar-refractivity contribution is -0.188. The van der Waals surface area contributed by atoms with Gasteiger partial charge in [0.2, 0.25) is 47.0 Å². The van der Waals surface area contributed by atoms with Gasteiger partial charge in [0, 0.05) is 60.0 Å². The lowest BCUT2D eigenvalue weighted by atomic mass is 9.81. The molecular weight excluding hydrogens is 1610 g/mol. The molecule has 0 spiro atoms. The molecule has 9 N–H and O–H groups in total. The SMILES string of the molecule is CCOC(=O)NCC(=O)O[C@]1(CC)C(=O)OCc2c1cc1n(c2=O)Cc2c-1nc1ccc(O)cc1c2CC.Cc1ccc(NC(=O)[C@H](CCCCN)NC(=O)[C@H](Cc2ccccc2)NC(=O)COCC(=O)NCCOCCOCCOCCOCCOCCOCCOCCOCCn2cc(CNC(=O)C3CCC(CN4C(=O)CC(C)C4=O)CC3)nn2)cc1. The van der Waals surface area contributed by atoms with Gasteiger partial charge >= 0.3 is 18.0 Å². The number of aromatic hydroxyl groups is 1. The van der Waals surface area contributed by atoms with Gasteiger partial charge in [0.25, 0.3) is 5.56 Å². The number of hydrogen-bond acceptors (Lipinski definition) is 28. The maximum atomic E-state index is 13.7. The van der Waals surface area contributed by atoms with Gasteiger partial charge in [-0.3, -0.25) is 48.1 Å². The number of phenols is 1. The van der Waals surface area contributed by atoms with E-state index in [4.69, 9.17) is 67.6 Å². The van der Waals surface area contributed by atoms with Crippen molar-refractivity contribution in [2.45, 2.75) is 149 Å². The minimum Gasteiger partial charge on any atom is -0.508 e. The standard InChI is InChI=1S/C60H92N10O16.C27H27N3O8/c1-45-11-17-50(18-12-45)64-58(75)52(10-6-7-19-61)66-59(76)53(39-47-8-4-3-5-9-47)65-55(72)44-86-43-54(71)62-20-22-78-24-26-80-28-30-82-32-34-84-36-37-85-35-33-83-31-29-81-27-25-79-23-21-69-42-51(67-68-69)40-63-57(74)49-15-13-48(14-16-49)41-70-56(73)38-46(2)60(70)77;1-4-15-16-9-14(31)7-8-20(16)29-23-17(15)12-30-21(23)10-19-18(24(30)33)13-37-25(34)27(19,5-2)38-22(32)11-28-26(35)36-6-3/h3-5,8-9,11-12,17-18,42,46,48-49,52-53H,6-7,10,13-16,19-41,43-44,61H2,1-2H3,(H,62,71)(H,63,74)(H,64,75)(H,65,72)(H,66,76);7-10,31H,4-6,11-13H2,1-3H3,(H,28,35)/t46?,48?,49?,52-,53-;27-/m00/s1. The van der Waals surface area contributed by atoms with Crippen LogP contribution in [-0.2, 0) is 145 Å². The Morgan fingerprint density at radius 1 is 0.685 bits per heavy atom. The number of cyclic esters (lactones) is 1. The number of ether oxygens (including phenoxy) is 12. The van der Waals surface area contributed by atoms with E-state index in [-0.39, 0.29) is 123 Å². The number of imide groups is 1. The van der Waals surface area contributed by atoms with Crippen LogP contribution in [0.5, 0.6) is 5.75 Å². The number of anilines is 1. The Balaban J connectivity index is 0.000000377. The third-order valence-electron chi connectivity index (χ3n) is 21.1. The number of amides is 8. The first-order valence-electron chi connectivity index (χ1n) is 42.5. The van der Waals surface area contributed by atoms with Gasteiger partial charge in [-0.25, -0.2) is 19.3 Å². The van der Waals surface area contributed by atoms with E-state index < -0.39 is 66.6 Å². The van der Waals surface area contributed by atoms with Crippen LogP contribution in [0.1, 0.15) is 125 Å². The van der Waals surface area contributed by atoms with Gasteiger partial charge in [-0.1, -0.05) is 74.0 Å². The van der Waals surface area contributed by atoms with Crippen molar-refractivity contribution in [2.24, 2.45) is 23.5 Å². The predicted octanol–water partition coefficient (Wildman–Crippen LogP) is 4.29. The number of esters is 2. The zero-order chi connectivity index (χ0) is 88.6. The molecule has 3 aliphatic heterocycles. The van der Waals surface area contributed by atoms with Crippen molar-refractivity contribution < 1.29 is 110 Å². The average molecular weight is 1730 g/mol. The molecule has 1 unspecified atom stereocenters. The number of pyridine rings is 2. The second-order valence-corrected chi connectivity index (χ2v) is 30.2. The van der Waals surface area contributed by atoms with Crippen molar-refractivity contribution in [3.63, 3.8) is 0 Å². The molecule has 4 atom stereocenters. The van der Waals surface area contributed by atoms with Gasteiger partial charge in [-0.2, -0.15) is 0 Å². The molecule has 37 nitrogen and oxygen atoms in total. The van der Waals surface area contributed by atoms with Crippen molar-refractivity contribution in [1.29, 1.82) is 0 Å². The molecule has 37 heteroatoms. The van der Waals surface area contributed by atoms with Crippen LogP contribution in [0.25, 0.3) is 22.3 Å². The summed E-state index contributed by atoms with van der Waals surface area (Å²) in [6.07, 6.45) is 6.82. The molecule has 0 radical (unpaired) electrons. The summed E-state index contributed by atoms with van der Waals surface area (Å²) >= 11 is 0. The Morgan fingerprint density at radius 3 is 1.94 bits per heavy atom. The Bertz CT molecular complexity index is 4540. The number of hydrogen-bond donors (Lipinski definition) is 8. The molecule has 3 aromatic heterocycles. The molecule has 1 saturated heterocycles. The van der Waals surface area contributed by atoms with Gasteiger partial charge in [0.15, 0.2) is 0 Å². The molecule has 2 fully saturated rings. The van der Waals surface area contributed by atoms with E-state index in [2.05, 4.69) is 42.2 Å². The number of alkyl carbamates (subject to hydrolysis) is 1. The van der Waals surface area contributed by atoms with Crippen LogP contribution >= 0.6 is 0 Å². The number of unbranched alkanes of at least 4 members (excludes halogenated alkanes) is 1. The predicted molar refractivity (Wildman–Crippen MR) is 449 cm³/mol. The molecule has 10 rings (SSSR count). The Kier molecular flexibility index (Phi) is 40.3. The first kappa shape index (κ1) is 97.1. The Hall–Kier alpha value is -10.7. The van der Waals surface area contributed by atoms with Gasteiger partial charge in [0.05, 0.1) is 161 Å². The number of benzene rings is 3. The molecule has 3 aromatic carbocycles. The van der Waals surface area contributed by atoms with Crippen molar-refractivity contribution in [1.82, 2.24) is 56.0 Å². The molecule has 0 bridgehead atoms. The van der Waals surface area contributed by atoms with Crippen molar-refractivity contribution in [2.75, 3.05) is 157 Å². The van der Waals surface area contributed by atoms with Gasteiger partial charge < -0.3 is 104 Å². The third kappa shape index (κ3) is 30.0. The fourth-order valence-electron chi connectivity index (χ4n) is 14.6. The first-order valence-corrected chi connectivity index (χ1v) is 42.5. The average Bonchev–Trinajstić information content (AvgIpc) is 1.51. The lowest BCUT2D eigenvalue weighted by Crippen LogP contribution is -2.54. The van der Waals surface area contributed by atoms with Crippen molar-refractivity contribution >= 4 is 76.0 Å². The Morgan fingerprint density at radius 2 is 1.32 bits per heavy atom. The fraction of sp³-hybridized carbons (Fsp3) is 0.563. The molecule has 1 aliphatic carbocycles. The zero-order valence-electron chi connectivity index (χ0n) is 71.4. The molecule has 1 saturated carbocycles. The minimum absolute atomic E-state index is 0.00433. The number of nitrogens with zero attached hydrogens (tertiary/aromatic N) is 6. The van der Waals surface area contributed by atoms with E-state index in [9.17, 15) is 57.8 Å². The number of rotatable bonds is 53. The summed E-state index contributed by atoms with van der Waals surface area (Å²) in [5.74, 6) is -3.78. The monoisotopic (exact) mass is 1730 g/mol. The van der Waals surface area contributed by atoms with E-state index in [0.29, 0.717) is 179 Å². The van der Waals surface area contributed by atoms with Gasteiger partial charge in [0.1, 0.15) is 49.9 Å². The Labute approximate surface area is 720 Å². The largest absolute Gasteiger partial charge is 0.508 e. The van der Waals surface area contributed by atoms with E-state index in [1.807, 2.05) is 56.3 Å². The molecule has 6 aromatic rings. The molecule has 8 amide bonds. The molecule has 676 valence electrons. The summed E-state index contributed by atoms with van der Waals surface area (Å²) in [5, 5.41) is 35.4. The number of fused-ring (bicyclic) bond motifs is 5. The van der Waals surface area contributed by atoms with E-state index >= 15 is 0 Å². The summed E-state index contributed by atoms with van der Waals surface area (Å²) in [6.45, 7) is 16.1. The molecule has 6 heterocycles. The minimum atomic E-state index is -1.87. The molecule has 4 aliphatic rings. The van der Waals surface area contributed by atoms with Crippen molar-refractivity contribution in [3.05, 3.63) is 134 Å². The number of aromatic nitrogens is 5. The van der Waals surface area contributed by atoms with Crippen LogP contribution < -0.4 is 43.2 Å². The molecule has 124 heavy (non-hydrogen) atoms. The molecular formula is C87H119N13O24. The van der Waals surface area contributed by atoms with Crippen LogP contribution in [0.2, 0.25) is 0 Å². The first-order chi connectivity index (χ1) is 60.1. The number of likely N-dealkylation sites (tertiary alicyclic amines) is 1. The number of nitrogens with one attached hydrogen (secondary N) is 6. The lowest BCUT2D eigenvalue weighted by Gasteiger charge is -2.35. The summed E-state index contributed by atoms with van der Waals surface area (Å²) in [4.78, 5) is 147. The summed E-state index contributed by atoms with van der Waals surface area (Å²) in [5.41, 5.74) is 10.6. The van der Waals surface area contributed by atoms with Crippen molar-refractivity contribution in [3.8, 4) is 17.1 Å². The van der Waals surface area contributed by atoms with Crippen LogP contribution in [0.15, 0.2) is 89.9 Å². The second-order valence-electron chi connectivity index (χ2n) is 30.2. The zero-order valence-corrected chi connectivity index (χ0v) is 71.4. The quantitative estimate of drug-likeness (QED) is 0.0114. The van der Waals surface area contributed by atoms with Crippen LogP contribution in [0.3, 0.4) is 0 Å². The second kappa shape index (κ2) is 51.5. The van der Waals surface area contributed by atoms with E-state index in [0.717, 1.165) is 53.3 Å². The highest BCUT2D eigenvalue weighted by Crippen LogP contribution is 2.43. The van der Waals surface area contributed by atoms with E-state index in [1.54, 1.807) is 72.6 Å². The van der Waals surface area contributed by atoms with Gasteiger partial charge in [-0.15, -0.1) is 5.10 Å². The van der Waals surface area contributed by atoms with Crippen LogP contribution in [0, 0.1) is 24.7 Å². The number of nitrogens with two attached hydrogens (primary N) is 1. The van der Waals surface area contributed by atoms with Crippen LogP contribution in [0.4, 0.5) is 10.5 Å². The van der Waals surface area contributed by atoms with Crippen LogP contribution in [-0.4, -0.2) is 258 Å². The highest BCUT2D eigenvalue weighted by Gasteiger charge is 2.51. The topological polar surface area (TPSA) is 469 Å². The normalized spacial score (nSPS) is 16.8. The number of aryl methyl sites for hydroxylation is 2. The fourth-order valence-corrected chi connectivity index (χ4v) is 14.6. The highest BCUT2D eigenvalue weighted by atomic mass is 16.6. The summed E-state index contributed by atoms with van der Waals surface area (Å²) < 4.78 is 68.7. The highest BCUT2D eigenvalue weighted by molar-refractivity contribution is 6.03. The summed E-state index contributed by atoms with van der Waals surface area (Å²) in [6, 6.07) is 21.2. The number of phenolic OH excluding ortho intramolecular Hbond substituents is 1. The third-order valence-corrected chi connectivity index (χ3v) is 21.1. The smallest absolute Gasteiger partial charge is 0.407 e. The maximum absolute atomic E-state index is 13.7. The number of carbonyl (C=O) groups is 10. The summed E-state index contributed by atoms with van der Waals surface area (Å²) in [7, 11) is 0. The van der Waals surface area contributed by atoms with Gasteiger partial charge in [-0.05, 0) is 132 Å². The van der Waals surface area contributed by atoms with E-state index in [1.165, 1.54) is 4.90 Å².